The third-order valence-corrected chi connectivity index (χ3v) is 4.87. The number of carbonyl (C=O) groups excluding carboxylic acids is 2. The van der Waals surface area contributed by atoms with E-state index in [0.29, 0.717) is 23.7 Å². The van der Waals surface area contributed by atoms with Gasteiger partial charge in [0.25, 0.3) is 5.91 Å². The van der Waals surface area contributed by atoms with Gasteiger partial charge < -0.3 is 16.4 Å². The topological polar surface area (TPSA) is 84.2 Å². The summed E-state index contributed by atoms with van der Waals surface area (Å²) in [6, 6.07) is 7.31. The van der Waals surface area contributed by atoms with Crippen molar-refractivity contribution in [1.82, 2.24) is 5.32 Å². The van der Waals surface area contributed by atoms with Crippen LogP contribution in [0.5, 0.6) is 0 Å². The minimum atomic E-state index is -0.0853. The highest BCUT2D eigenvalue weighted by Gasteiger charge is 2.30. The minimum absolute atomic E-state index is 0.0537. The van der Waals surface area contributed by atoms with Crippen LogP contribution in [0.25, 0.3) is 0 Å². The van der Waals surface area contributed by atoms with Gasteiger partial charge in [-0.25, -0.2) is 0 Å². The first-order valence-electron chi connectivity index (χ1n) is 8.59. The molecule has 2 unspecified atom stereocenters. The predicted octanol–water partition coefficient (Wildman–Crippen LogP) is 2.28. The zero-order chi connectivity index (χ0) is 16.2. The van der Waals surface area contributed by atoms with E-state index in [4.69, 9.17) is 5.73 Å². The molecule has 0 saturated heterocycles. The largest absolute Gasteiger partial charge is 0.349 e. The van der Waals surface area contributed by atoms with E-state index in [1.807, 2.05) is 6.07 Å². The van der Waals surface area contributed by atoms with E-state index in [-0.39, 0.29) is 23.8 Å². The number of anilines is 1. The van der Waals surface area contributed by atoms with Gasteiger partial charge in [0.1, 0.15) is 0 Å². The number of nitrogens with two attached hydrogens (primary N) is 1. The monoisotopic (exact) mass is 315 g/mol. The molecule has 2 aliphatic rings. The Morgan fingerprint density at radius 2 is 1.91 bits per heavy atom. The highest BCUT2D eigenvalue weighted by Crippen LogP contribution is 2.30. The molecule has 23 heavy (non-hydrogen) atoms. The molecule has 1 aromatic rings. The second-order valence-electron chi connectivity index (χ2n) is 6.70. The summed E-state index contributed by atoms with van der Waals surface area (Å²) in [5.74, 6) is 0.487. The maximum atomic E-state index is 12.5. The lowest BCUT2D eigenvalue weighted by Crippen LogP contribution is -2.44. The van der Waals surface area contributed by atoms with Gasteiger partial charge in [0.05, 0.1) is 0 Å². The van der Waals surface area contributed by atoms with Gasteiger partial charge in [0, 0.05) is 23.2 Å². The Labute approximate surface area is 137 Å². The Morgan fingerprint density at radius 3 is 2.65 bits per heavy atom. The van der Waals surface area contributed by atoms with Gasteiger partial charge in [-0.05, 0) is 56.3 Å². The highest BCUT2D eigenvalue weighted by molar-refractivity contribution is 5.98. The van der Waals surface area contributed by atoms with Gasteiger partial charge >= 0.3 is 0 Å². The van der Waals surface area contributed by atoms with Crippen LogP contribution >= 0.6 is 0 Å². The highest BCUT2D eigenvalue weighted by atomic mass is 16.2. The van der Waals surface area contributed by atoms with Crippen LogP contribution in [0.15, 0.2) is 24.3 Å². The van der Waals surface area contributed by atoms with Gasteiger partial charge in [-0.3, -0.25) is 9.59 Å². The number of rotatable bonds is 5. The number of benzene rings is 1. The number of hydrogen-bond acceptors (Lipinski definition) is 3. The van der Waals surface area contributed by atoms with Gasteiger partial charge in [-0.1, -0.05) is 18.9 Å². The normalized spacial score (nSPS) is 24.0. The Morgan fingerprint density at radius 1 is 1.13 bits per heavy atom. The second-order valence-corrected chi connectivity index (χ2v) is 6.70. The zero-order valence-corrected chi connectivity index (χ0v) is 13.4. The van der Waals surface area contributed by atoms with Crippen molar-refractivity contribution in [3.05, 3.63) is 29.8 Å². The van der Waals surface area contributed by atoms with Crippen molar-refractivity contribution in [2.75, 3.05) is 11.9 Å². The van der Waals surface area contributed by atoms with Crippen molar-refractivity contribution in [1.29, 1.82) is 0 Å². The fourth-order valence-corrected chi connectivity index (χ4v) is 3.26. The standard InChI is InChI=1S/C18H25N3O2/c19-11-14-4-1-2-7-16(14)21-18(23)13-5-3-6-15(10-13)20-17(22)12-8-9-12/h3,5-6,10,12,14,16H,1-2,4,7-9,11,19H2,(H,20,22)(H,21,23). The zero-order valence-electron chi connectivity index (χ0n) is 13.4. The predicted molar refractivity (Wildman–Crippen MR) is 90.1 cm³/mol. The fraction of sp³-hybridized carbons (Fsp3) is 0.556. The van der Waals surface area contributed by atoms with Crippen LogP contribution in [0.2, 0.25) is 0 Å². The van der Waals surface area contributed by atoms with E-state index in [2.05, 4.69) is 10.6 Å². The Kier molecular flexibility index (Phi) is 4.96. The quantitative estimate of drug-likeness (QED) is 0.779. The molecule has 0 radical (unpaired) electrons. The summed E-state index contributed by atoms with van der Waals surface area (Å²) >= 11 is 0. The molecule has 0 heterocycles. The van der Waals surface area contributed by atoms with Crippen LogP contribution in [0.1, 0.15) is 48.9 Å². The summed E-state index contributed by atoms with van der Waals surface area (Å²) in [7, 11) is 0. The minimum Gasteiger partial charge on any atom is -0.349 e. The van der Waals surface area contributed by atoms with E-state index in [9.17, 15) is 9.59 Å². The van der Waals surface area contributed by atoms with E-state index in [1.165, 1.54) is 6.42 Å². The lowest BCUT2D eigenvalue weighted by atomic mass is 9.84. The molecule has 2 fully saturated rings. The van der Waals surface area contributed by atoms with E-state index < -0.39 is 0 Å². The maximum absolute atomic E-state index is 12.5. The molecular weight excluding hydrogens is 290 g/mol. The molecule has 0 aromatic heterocycles. The van der Waals surface area contributed by atoms with Gasteiger partial charge in [0.2, 0.25) is 5.91 Å². The van der Waals surface area contributed by atoms with Crippen molar-refractivity contribution in [3.63, 3.8) is 0 Å². The summed E-state index contributed by atoms with van der Waals surface area (Å²) in [5.41, 5.74) is 7.09. The molecule has 2 atom stereocenters. The summed E-state index contributed by atoms with van der Waals surface area (Å²) in [4.78, 5) is 24.3. The van der Waals surface area contributed by atoms with Gasteiger partial charge in [0.15, 0.2) is 0 Å². The first kappa shape index (κ1) is 16.0. The third-order valence-electron chi connectivity index (χ3n) is 4.87. The Balaban J connectivity index is 1.63. The molecule has 0 spiro atoms. The molecule has 1 aromatic carbocycles. The summed E-state index contributed by atoms with van der Waals surface area (Å²) in [5, 5.41) is 6.00. The Bertz CT molecular complexity index is 583. The number of carbonyl (C=O) groups is 2. The van der Waals surface area contributed by atoms with Crippen molar-refractivity contribution >= 4 is 17.5 Å². The van der Waals surface area contributed by atoms with Crippen LogP contribution in [0, 0.1) is 11.8 Å². The average molecular weight is 315 g/mol. The molecule has 5 nitrogen and oxygen atoms in total. The lowest BCUT2D eigenvalue weighted by Gasteiger charge is -2.31. The van der Waals surface area contributed by atoms with Gasteiger partial charge in [-0.2, -0.15) is 0 Å². The average Bonchev–Trinajstić information content (AvgIpc) is 3.40. The Hall–Kier alpha value is -1.88. The van der Waals surface area contributed by atoms with Crippen molar-refractivity contribution in [2.45, 2.75) is 44.6 Å². The van der Waals surface area contributed by atoms with Crippen molar-refractivity contribution < 1.29 is 9.59 Å². The maximum Gasteiger partial charge on any atom is 0.251 e. The molecule has 0 aliphatic heterocycles. The molecule has 4 N–H and O–H groups in total. The summed E-state index contributed by atoms with van der Waals surface area (Å²) in [6.07, 6.45) is 6.34. The molecular formula is C18H25N3O2. The fourth-order valence-electron chi connectivity index (χ4n) is 3.26. The van der Waals surface area contributed by atoms with Crippen LogP contribution in [-0.4, -0.2) is 24.4 Å². The van der Waals surface area contributed by atoms with E-state index >= 15 is 0 Å². The smallest absolute Gasteiger partial charge is 0.251 e. The van der Waals surface area contributed by atoms with Crippen molar-refractivity contribution in [2.24, 2.45) is 17.6 Å². The molecule has 3 rings (SSSR count). The van der Waals surface area contributed by atoms with E-state index in [0.717, 1.165) is 32.1 Å². The molecule has 2 amide bonds. The lowest BCUT2D eigenvalue weighted by molar-refractivity contribution is -0.117. The van der Waals surface area contributed by atoms with Crippen LogP contribution in [0.3, 0.4) is 0 Å². The van der Waals surface area contributed by atoms with E-state index in [1.54, 1.807) is 18.2 Å². The molecule has 0 bridgehead atoms. The number of amides is 2. The first-order valence-corrected chi connectivity index (χ1v) is 8.59. The molecule has 5 heteroatoms. The van der Waals surface area contributed by atoms with Crippen LogP contribution in [0.4, 0.5) is 5.69 Å². The third kappa shape index (κ3) is 4.10. The molecule has 2 saturated carbocycles. The number of nitrogens with one attached hydrogen (secondary N) is 2. The second kappa shape index (κ2) is 7.13. The molecule has 124 valence electrons. The van der Waals surface area contributed by atoms with Gasteiger partial charge in [-0.15, -0.1) is 0 Å². The SMILES string of the molecule is NCC1CCCCC1NC(=O)c1cccc(NC(=O)C2CC2)c1. The summed E-state index contributed by atoms with van der Waals surface area (Å²) in [6.45, 7) is 0.614. The van der Waals surface area contributed by atoms with Crippen molar-refractivity contribution in [3.8, 4) is 0 Å². The number of hydrogen-bond donors (Lipinski definition) is 3. The summed E-state index contributed by atoms with van der Waals surface area (Å²) < 4.78 is 0. The van der Waals surface area contributed by atoms with Crippen LogP contribution < -0.4 is 16.4 Å². The van der Waals surface area contributed by atoms with Crippen LogP contribution in [-0.2, 0) is 4.79 Å². The first-order chi connectivity index (χ1) is 11.2. The molecule has 2 aliphatic carbocycles.